The Morgan fingerprint density at radius 3 is 2.43 bits per heavy atom. The molecule has 1 N–H and O–H groups in total. The first kappa shape index (κ1) is 17.0. The van der Waals surface area contributed by atoms with Crippen LogP contribution < -0.4 is 5.32 Å². The van der Waals surface area contributed by atoms with Crippen molar-refractivity contribution in [3.63, 3.8) is 0 Å². The third-order valence-electron chi connectivity index (χ3n) is 4.90. The Kier molecular flexibility index (Phi) is 5.18. The number of carbonyl (C=O) groups excluding carboxylic acids is 1. The minimum absolute atomic E-state index is 0. The number of piperidine rings is 1. The summed E-state index contributed by atoms with van der Waals surface area (Å²) in [6.07, 6.45) is 5.02. The molecule has 3 rings (SSSR count). The molecule has 8 heteroatoms. The summed E-state index contributed by atoms with van der Waals surface area (Å²) >= 11 is 0. The molecule has 3 heterocycles. The fraction of sp³-hybridized carbons (Fsp3) is 0.923. The van der Waals surface area contributed by atoms with Gasteiger partial charge in [-0.3, -0.25) is 4.79 Å². The Morgan fingerprint density at radius 2 is 1.90 bits per heavy atom. The largest absolute Gasteiger partial charge is 0.342 e. The standard InChI is InChI=1S/C13H23N3O3S.ClH/c1-15(12-7-10-3-4-11(8-12)14-10)13(17)9-16-5-2-6-20(16,18)19;/h10-12,14H,2-9H2,1H3;1H. The van der Waals surface area contributed by atoms with Crippen molar-refractivity contribution in [1.29, 1.82) is 0 Å². The molecule has 1 amide bonds. The van der Waals surface area contributed by atoms with Gasteiger partial charge in [0.05, 0.1) is 12.3 Å². The highest BCUT2D eigenvalue weighted by Gasteiger charge is 2.37. The molecule has 3 saturated heterocycles. The number of hydrogen-bond acceptors (Lipinski definition) is 4. The summed E-state index contributed by atoms with van der Waals surface area (Å²) in [5.74, 6) is 0.114. The van der Waals surface area contributed by atoms with Gasteiger partial charge in [-0.2, -0.15) is 4.31 Å². The Bertz CT molecular complexity index is 487. The van der Waals surface area contributed by atoms with Crippen LogP contribution in [0.4, 0.5) is 0 Å². The van der Waals surface area contributed by atoms with Crippen LogP contribution in [0.25, 0.3) is 0 Å². The first-order chi connectivity index (χ1) is 9.45. The SMILES string of the molecule is CN(C(=O)CN1CCCS1(=O)=O)C1CC2CCC(C1)N2.Cl. The Balaban J connectivity index is 0.00000161. The molecule has 6 nitrogen and oxygen atoms in total. The fourth-order valence-corrected chi connectivity index (χ4v) is 5.14. The maximum atomic E-state index is 12.3. The number of likely N-dealkylation sites (N-methyl/N-ethyl adjacent to an activating group) is 1. The van der Waals surface area contributed by atoms with E-state index in [0.717, 1.165) is 12.8 Å². The smallest absolute Gasteiger partial charge is 0.237 e. The third-order valence-corrected chi connectivity index (χ3v) is 6.81. The van der Waals surface area contributed by atoms with E-state index in [4.69, 9.17) is 0 Å². The van der Waals surface area contributed by atoms with E-state index < -0.39 is 10.0 Å². The van der Waals surface area contributed by atoms with E-state index in [1.165, 1.54) is 17.1 Å². The van der Waals surface area contributed by atoms with Crippen molar-refractivity contribution >= 4 is 28.3 Å². The number of rotatable bonds is 3. The zero-order chi connectivity index (χ0) is 14.3. The second-order valence-electron chi connectivity index (χ2n) is 6.27. The zero-order valence-electron chi connectivity index (χ0n) is 12.3. The fourth-order valence-electron chi connectivity index (χ4n) is 3.68. The molecule has 3 aliphatic rings. The van der Waals surface area contributed by atoms with Crippen LogP contribution in [0, 0.1) is 0 Å². The van der Waals surface area contributed by atoms with Crippen LogP contribution in [0.1, 0.15) is 32.1 Å². The lowest BCUT2D eigenvalue weighted by atomic mass is 9.98. The van der Waals surface area contributed by atoms with E-state index in [1.54, 1.807) is 4.90 Å². The topological polar surface area (TPSA) is 69.7 Å². The molecule has 21 heavy (non-hydrogen) atoms. The molecule has 0 radical (unpaired) electrons. The van der Waals surface area contributed by atoms with Gasteiger partial charge in [-0.1, -0.05) is 0 Å². The highest BCUT2D eigenvalue weighted by molar-refractivity contribution is 7.89. The molecule has 0 aromatic carbocycles. The van der Waals surface area contributed by atoms with Crippen molar-refractivity contribution < 1.29 is 13.2 Å². The van der Waals surface area contributed by atoms with Gasteiger partial charge in [0.1, 0.15) is 0 Å². The van der Waals surface area contributed by atoms with Gasteiger partial charge in [0.25, 0.3) is 0 Å². The van der Waals surface area contributed by atoms with Gasteiger partial charge in [-0.15, -0.1) is 12.4 Å². The molecular weight excluding hydrogens is 314 g/mol. The van der Waals surface area contributed by atoms with Crippen molar-refractivity contribution in [1.82, 2.24) is 14.5 Å². The molecule has 0 saturated carbocycles. The van der Waals surface area contributed by atoms with E-state index >= 15 is 0 Å². The van der Waals surface area contributed by atoms with Crippen molar-refractivity contribution in [3.05, 3.63) is 0 Å². The first-order valence-electron chi connectivity index (χ1n) is 7.45. The lowest BCUT2D eigenvalue weighted by Gasteiger charge is -2.36. The Hall–Kier alpha value is -0.370. The highest BCUT2D eigenvalue weighted by Crippen LogP contribution is 2.29. The van der Waals surface area contributed by atoms with Crippen molar-refractivity contribution in [3.8, 4) is 0 Å². The number of fused-ring (bicyclic) bond motifs is 2. The minimum atomic E-state index is -3.18. The molecule has 3 fully saturated rings. The van der Waals surface area contributed by atoms with Gasteiger partial charge in [0.15, 0.2) is 0 Å². The average molecular weight is 338 g/mol. The number of sulfonamides is 1. The Labute approximate surface area is 132 Å². The molecule has 2 bridgehead atoms. The summed E-state index contributed by atoms with van der Waals surface area (Å²) in [6, 6.07) is 1.32. The molecule has 2 atom stereocenters. The molecular formula is C13H24ClN3O3S. The summed E-state index contributed by atoms with van der Waals surface area (Å²) in [7, 11) is -1.36. The van der Waals surface area contributed by atoms with Gasteiger partial charge >= 0.3 is 0 Å². The number of nitrogens with one attached hydrogen (secondary N) is 1. The summed E-state index contributed by atoms with van der Waals surface area (Å²) < 4.78 is 24.8. The van der Waals surface area contributed by atoms with Crippen LogP contribution in [-0.4, -0.2) is 67.5 Å². The van der Waals surface area contributed by atoms with Crippen molar-refractivity contribution in [2.45, 2.75) is 50.2 Å². The molecule has 0 aromatic heterocycles. The summed E-state index contributed by atoms with van der Waals surface area (Å²) in [5.41, 5.74) is 0. The predicted molar refractivity (Wildman–Crippen MR) is 83.0 cm³/mol. The minimum Gasteiger partial charge on any atom is -0.342 e. The van der Waals surface area contributed by atoms with E-state index in [-0.39, 0.29) is 36.7 Å². The molecule has 122 valence electrons. The monoisotopic (exact) mass is 337 g/mol. The summed E-state index contributed by atoms with van der Waals surface area (Å²) in [4.78, 5) is 14.1. The Morgan fingerprint density at radius 1 is 1.29 bits per heavy atom. The molecule has 2 unspecified atom stereocenters. The second-order valence-corrected chi connectivity index (χ2v) is 8.36. The van der Waals surface area contributed by atoms with Crippen molar-refractivity contribution in [2.75, 3.05) is 25.9 Å². The van der Waals surface area contributed by atoms with Crippen LogP contribution >= 0.6 is 12.4 Å². The van der Waals surface area contributed by atoms with E-state index in [1.807, 2.05) is 7.05 Å². The third kappa shape index (κ3) is 3.52. The van der Waals surface area contributed by atoms with Gasteiger partial charge in [-0.05, 0) is 32.1 Å². The maximum absolute atomic E-state index is 12.3. The van der Waals surface area contributed by atoms with Crippen molar-refractivity contribution in [2.24, 2.45) is 0 Å². The maximum Gasteiger partial charge on any atom is 0.237 e. The van der Waals surface area contributed by atoms with Gasteiger partial charge in [-0.25, -0.2) is 8.42 Å². The average Bonchev–Trinajstić information content (AvgIpc) is 2.91. The van der Waals surface area contributed by atoms with Crippen LogP contribution in [-0.2, 0) is 14.8 Å². The quantitative estimate of drug-likeness (QED) is 0.798. The van der Waals surface area contributed by atoms with Crippen LogP contribution in [0.5, 0.6) is 0 Å². The van der Waals surface area contributed by atoms with Crippen LogP contribution in [0.3, 0.4) is 0 Å². The second kappa shape index (κ2) is 6.40. The van der Waals surface area contributed by atoms with E-state index in [9.17, 15) is 13.2 Å². The summed E-state index contributed by atoms with van der Waals surface area (Å²) in [5, 5.41) is 3.56. The van der Waals surface area contributed by atoms with Crippen LogP contribution in [0.2, 0.25) is 0 Å². The number of halogens is 1. The summed E-state index contributed by atoms with van der Waals surface area (Å²) in [6.45, 7) is 0.498. The molecule has 0 aromatic rings. The van der Waals surface area contributed by atoms with Gasteiger partial charge in [0.2, 0.25) is 15.9 Å². The molecule has 0 spiro atoms. The highest BCUT2D eigenvalue weighted by atomic mass is 35.5. The number of hydrogen-bond donors (Lipinski definition) is 1. The predicted octanol–water partition coefficient (Wildman–Crippen LogP) is 0.185. The normalized spacial score (nSPS) is 34.4. The number of nitrogens with zero attached hydrogens (tertiary/aromatic N) is 2. The molecule has 0 aliphatic carbocycles. The lowest BCUT2D eigenvalue weighted by molar-refractivity contribution is -0.132. The van der Waals surface area contributed by atoms with Gasteiger partial charge in [0, 0.05) is 31.7 Å². The number of carbonyl (C=O) groups is 1. The molecule has 3 aliphatic heterocycles. The van der Waals surface area contributed by atoms with Gasteiger partial charge < -0.3 is 10.2 Å². The lowest BCUT2D eigenvalue weighted by Crippen LogP contribution is -2.50. The van der Waals surface area contributed by atoms with Crippen LogP contribution in [0.15, 0.2) is 0 Å². The van der Waals surface area contributed by atoms with E-state index in [2.05, 4.69) is 5.32 Å². The van der Waals surface area contributed by atoms with E-state index in [0.29, 0.717) is 25.0 Å². The zero-order valence-corrected chi connectivity index (χ0v) is 14.0. The number of amides is 1. The first-order valence-corrected chi connectivity index (χ1v) is 9.06.